The fourth-order valence-electron chi connectivity index (χ4n) is 2.49. The maximum Gasteiger partial charge on any atom is 0.269 e. The molecule has 0 amide bonds. The second-order valence-corrected chi connectivity index (χ2v) is 6.10. The van der Waals surface area contributed by atoms with Gasteiger partial charge in [0.1, 0.15) is 5.75 Å². The van der Waals surface area contributed by atoms with Crippen molar-refractivity contribution >= 4 is 34.4 Å². The van der Waals surface area contributed by atoms with Gasteiger partial charge in [0.25, 0.3) is 5.69 Å². The Morgan fingerprint density at radius 2 is 1.30 bits per heavy atom. The molecule has 3 rings (SSSR count). The van der Waals surface area contributed by atoms with Crippen molar-refractivity contribution < 1.29 is 9.66 Å². The van der Waals surface area contributed by atoms with E-state index in [1.54, 1.807) is 19.2 Å². The van der Waals surface area contributed by atoms with Gasteiger partial charge in [0.2, 0.25) is 0 Å². The van der Waals surface area contributed by atoms with E-state index in [4.69, 9.17) is 17.0 Å². The smallest absolute Gasteiger partial charge is 0.269 e. The van der Waals surface area contributed by atoms with Gasteiger partial charge in [-0.05, 0) is 71.9 Å². The molecule has 2 N–H and O–H groups in total. The van der Waals surface area contributed by atoms with Crippen molar-refractivity contribution in [2.24, 2.45) is 0 Å². The van der Waals surface area contributed by atoms with Gasteiger partial charge in [0.15, 0.2) is 5.11 Å². The Morgan fingerprint density at radius 1 is 0.852 bits per heavy atom. The summed E-state index contributed by atoms with van der Waals surface area (Å²) in [5.41, 5.74) is 3.64. The lowest BCUT2D eigenvalue weighted by Gasteiger charge is -2.11. The van der Waals surface area contributed by atoms with Crippen LogP contribution < -0.4 is 15.4 Å². The molecule has 0 aliphatic carbocycles. The number of non-ortho nitro benzene ring substituents is 1. The molecule has 7 heteroatoms. The Labute approximate surface area is 162 Å². The number of methoxy groups -OCH3 is 1. The molecule has 3 aromatic carbocycles. The summed E-state index contributed by atoms with van der Waals surface area (Å²) < 4.78 is 5.13. The minimum atomic E-state index is -0.409. The maximum absolute atomic E-state index is 10.7. The number of ether oxygens (including phenoxy) is 1. The number of nitro groups is 1. The Hall–Kier alpha value is -3.45. The van der Waals surface area contributed by atoms with Crippen molar-refractivity contribution in [3.8, 4) is 16.9 Å². The van der Waals surface area contributed by atoms with Crippen LogP contribution in [0.15, 0.2) is 72.8 Å². The summed E-state index contributed by atoms with van der Waals surface area (Å²) in [6, 6.07) is 21.6. The van der Waals surface area contributed by atoms with E-state index in [0.29, 0.717) is 5.11 Å². The average molecular weight is 379 g/mol. The highest BCUT2D eigenvalue weighted by Crippen LogP contribution is 2.24. The third-order valence-electron chi connectivity index (χ3n) is 3.90. The van der Waals surface area contributed by atoms with Gasteiger partial charge in [-0.2, -0.15) is 0 Å². The molecule has 0 aliphatic rings. The molecule has 27 heavy (non-hydrogen) atoms. The first-order valence-electron chi connectivity index (χ1n) is 8.12. The van der Waals surface area contributed by atoms with Crippen LogP contribution in [0.3, 0.4) is 0 Å². The van der Waals surface area contributed by atoms with E-state index in [9.17, 15) is 10.1 Å². The SMILES string of the molecule is COc1ccc(NC(=S)Nc2ccc(-c3ccc([N+](=O)[O-])cc3)cc2)cc1. The first kappa shape index (κ1) is 18.3. The number of nitrogens with zero attached hydrogens (tertiary/aromatic N) is 1. The third kappa shape index (κ3) is 4.80. The van der Waals surface area contributed by atoms with E-state index in [1.807, 2.05) is 48.5 Å². The molecule has 136 valence electrons. The molecule has 0 heterocycles. The van der Waals surface area contributed by atoms with E-state index in [2.05, 4.69) is 10.6 Å². The summed E-state index contributed by atoms with van der Waals surface area (Å²) in [4.78, 5) is 10.3. The molecule has 0 fully saturated rings. The minimum absolute atomic E-state index is 0.0759. The highest BCUT2D eigenvalue weighted by atomic mass is 32.1. The number of thiocarbonyl (C=S) groups is 1. The maximum atomic E-state index is 10.7. The van der Waals surface area contributed by atoms with E-state index >= 15 is 0 Å². The molecule has 6 nitrogen and oxygen atoms in total. The molecule has 0 bridgehead atoms. The standard InChI is InChI=1S/C20H17N3O3S/c1-26-19-12-8-17(9-13-19)22-20(27)21-16-6-2-14(3-7-16)15-4-10-18(11-5-15)23(24)25/h2-13H,1H3,(H2,21,22,27). The number of anilines is 2. The van der Waals surface area contributed by atoms with Crippen LogP contribution in [0.4, 0.5) is 17.1 Å². The van der Waals surface area contributed by atoms with Crippen molar-refractivity contribution in [3.05, 3.63) is 82.9 Å². The largest absolute Gasteiger partial charge is 0.497 e. The average Bonchev–Trinajstić information content (AvgIpc) is 2.69. The predicted molar refractivity (Wildman–Crippen MR) is 111 cm³/mol. The molecule has 0 atom stereocenters. The Morgan fingerprint density at radius 3 is 1.74 bits per heavy atom. The van der Waals surface area contributed by atoms with E-state index in [1.165, 1.54) is 12.1 Å². The number of hydrogen-bond donors (Lipinski definition) is 2. The summed E-state index contributed by atoms with van der Waals surface area (Å²) >= 11 is 5.33. The number of nitro benzene ring substituents is 1. The van der Waals surface area contributed by atoms with Gasteiger partial charge in [0, 0.05) is 23.5 Å². The van der Waals surface area contributed by atoms with Crippen molar-refractivity contribution in [3.63, 3.8) is 0 Å². The normalized spacial score (nSPS) is 10.1. The number of benzene rings is 3. The lowest BCUT2D eigenvalue weighted by Crippen LogP contribution is -2.18. The van der Waals surface area contributed by atoms with E-state index < -0.39 is 4.92 Å². The second kappa shape index (κ2) is 8.29. The van der Waals surface area contributed by atoms with Gasteiger partial charge in [-0.15, -0.1) is 0 Å². The summed E-state index contributed by atoms with van der Waals surface area (Å²) in [5.74, 6) is 0.779. The fourth-order valence-corrected chi connectivity index (χ4v) is 2.73. The van der Waals surface area contributed by atoms with Gasteiger partial charge < -0.3 is 15.4 Å². The first-order valence-corrected chi connectivity index (χ1v) is 8.53. The number of rotatable bonds is 5. The third-order valence-corrected chi connectivity index (χ3v) is 4.11. The zero-order valence-electron chi connectivity index (χ0n) is 14.5. The molecule has 0 unspecified atom stereocenters. The summed E-state index contributed by atoms with van der Waals surface area (Å²) in [6.07, 6.45) is 0. The summed E-state index contributed by atoms with van der Waals surface area (Å²) in [5, 5.41) is 17.4. The van der Waals surface area contributed by atoms with E-state index in [-0.39, 0.29) is 5.69 Å². The summed E-state index contributed by atoms with van der Waals surface area (Å²) in [6.45, 7) is 0. The molecule has 0 radical (unpaired) electrons. The second-order valence-electron chi connectivity index (χ2n) is 5.69. The molecular formula is C20H17N3O3S. The van der Waals surface area contributed by atoms with Gasteiger partial charge in [-0.1, -0.05) is 12.1 Å². The van der Waals surface area contributed by atoms with Crippen LogP contribution in [0, 0.1) is 10.1 Å². The Bertz CT molecular complexity index is 940. The van der Waals surface area contributed by atoms with Crippen LogP contribution in [0.5, 0.6) is 5.75 Å². The summed E-state index contributed by atoms with van der Waals surface area (Å²) in [7, 11) is 1.62. The van der Waals surface area contributed by atoms with Gasteiger partial charge in [-0.3, -0.25) is 10.1 Å². The molecule has 0 aliphatic heterocycles. The predicted octanol–water partition coefficient (Wildman–Crippen LogP) is 5.08. The van der Waals surface area contributed by atoms with Crippen molar-refractivity contribution in [2.45, 2.75) is 0 Å². The van der Waals surface area contributed by atoms with Crippen molar-refractivity contribution in [1.29, 1.82) is 0 Å². The fraction of sp³-hybridized carbons (Fsp3) is 0.0500. The Balaban J connectivity index is 1.62. The van der Waals surface area contributed by atoms with E-state index in [0.717, 1.165) is 28.3 Å². The monoisotopic (exact) mass is 379 g/mol. The molecule has 0 saturated carbocycles. The molecule has 0 saturated heterocycles. The van der Waals surface area contributed by atoms with Crippen molar-refractivity contribution in [2.75, 3.05) is 17.7 Å². The molecule has 0 aromatic heterocycles. The van der Waals surface area contributed by atoms with Crippen LogP contribution >= 0.6 is 12.2 Å². The van der Waals surface area contributed by atoms with Crippen LogP contribution in [-0.2, 0) is 0 Å². The van der Waals surface area contributed by atoms with Gasteiger partial charge >= 0.3 is 0 Å². The van der Waals surface area contributed by atoms with Crippen LogP contribution in [0.25, 0.3) is 11.1 Å². The number of nitrogens with one attached hydrogen (secondary N) is 2. The zero-order chi connectivity index (χ0) is 19.2. The Kier molecular flexibility index (Phi) is 5.63. The molecule has 0 spiro atoms. The highest BCUT2D eigenvalue weighted by molar-refractivity contribution is 7.80. The number of hydrogen-bond acceptors (Lipinski definition) is 4. The van der Waals surface area contributed by atoms with Crippen LogP contribution in [0.2, 0.25) is 0 Å². The zero-order valence-corrected chi connectivity index (χ0v) is 15.3. The topological polar surface area (TPSA) is 76.4 Å². The van der Waals surface area contributed by atoms with Crippen molar-refractivity contribution in [1.82, 2.24) is 0 Å². The highest BCUT2D eigenvalue weighted by Gasteiger charge is 2.06. The van der Waals surface area contributed by atoms with Gasteiger partial charge in [-0.25, -0.2) is 0 Å². The van der Waals surface area contributed by atoms with Crippen LogP contribution in [0.1, 0.15) is 0 Å². The quantitative estimate of drug-likeness (QED) is 0.366. The minimum Gasteiger partial charge on any atom is -0.497 e. The van der Waals surface area contributed by atoms with Gasteiger partial charge in [0.05, 0.1) is 12.0 Å². The lowest BCUT2D eigenvalue weighted by atomic mass is 10.1. The molecular weight excluding hydrogens is 362 g/mol. The molecule has 3 aromatic rings. The van der Waals surface area contributed by atoms with Crippen LogP contribution in [-0.4, -0.2) is 17.1 Å². The first-order chi connectivity index (χ1) is 13.0. The lowest BCUT2D eigenvalue weighted by molar-refractivity contribution is -0.384.